The van der Waals surface area contributed by atoms with E-state index in [2.05, 4.69) is 20.8 Å². The van der Waals surface area contributed by atoms with Crippen LogP contribution in [0.15, 0.2) is 22.6 Å². The Balaban J connectivity index is 2.18. The summed E-state index contributed by atoms with van der Waals surface area (Å²) in [6.45, 7) is 1.94. The summed E-state index contributed by atoms with van der Waals surface area (Å²) >= 11 is 0. The van der Waals surface area contributed by atoms with Gasteiger partial charge in [0, 0.05) is 23.9 Å². The molecule has 0 radical (unpaired) electrons. The lowest BCUT2D eigenvalue weighted by Crippen LogP contribution is -2.12. The number of benzene rings is 1. The fourth-order valence-corrected chi connectivity index (χ4v) is 1.59. The van der Waals surface area contributed by atoms with E-state index in [-0.39, 0.29) is 6.04 Å². The normalized spacial score (nSPS) is 12.0. The maximum absolute atomic E-state index is 5.51. The number of ether oxygens (including phenoxy) is 2. The highest BCUT2D eigenvalue weighted by molar-refractivity contribution is 5.58. The van der Waals surface area contributed by atoms with Crippen molar-refractivity contribution < 1.29 is 13.9 Å². The van der Waals surface area contributed by atoms with Crippen LogP contribution >= 0.6 is 0 Å². The van der Waals surface area contributed by atoms with Gasteiger partial charge in [-0.3, -0.25) is 0 Å². The average Bonchev–Trinajstić information content (AvgIpc) is 2.94. The van der Waals surface area contributed by atoms with E-state index in [0.717, 1.165) is 5.69 Å². The van der Waals surface area contributed by atoms with Crippen molar-refractivity contribution in [2.75, 3.05) is 26.6 Å². The summed E-state index contributed by atoms with van der Waals surface area (Å²) in [6, 6.07) is 5.73. The molecule has 1 atom stereocenters. The Hall–Kier alpha value is -2.28. The molecule has 0 saturated heterocycles. The number of aromatic nitrogens is 2. The fraction of sp³-hybridized carbons (Fsp3) is 0.385. The summed E-state index contributed by atoms with van der Waals surface area (Å²) in [7, 11) is 5.02. The van der Waals surface area contributed by atoms with E-state index < -0.39 is 0 Å². The third kappa shape index (κ3) is 3.18. The van der Waals surface area contributed by atoms with Gasteiger partial charge in [-0.05, 0) is 14.0 Å². The number of nitrogens with one attached hydrogen (secondary N) is 2. The minimum Gasteiger partial charge on any atom is -0.497 e. The highest BCUT2D eigenvalue weighted by Crippen LogP contribution is 2.28. The molecule has 1 aromatic carbocycles. The minimum atomic E-state index is -0.00195. The number of anilines is 2. The van der Waals surface area contributed by atoms with Gasteiger partial charge >= 0.3 is 6.01 Å². The predicted molar refractivity (Wildman–Crippen MR) is 74.6 cm³/mol. The van der Waals surface area contributed by atoms with Gasteiger partial charge in [0.15, 0.2) is 0 Å². The predicted octanol–water partition coefficient (Wildman–Crippen LogP) is 2.11. The van der Waals surface area contributed by atoms with Gasteiger partial charge in [-0.1, -0.05) is 5.10 Å². The van der Waals surface area contributed by atoms with E-state index in [9.17, 15) is 0 Å². The van der Waals surface area contributed by atoms with Crippen LogP contribution in [0.4, 0.5) is 11.7 Å². The zero-order chi connectivity index (χ0) is 14.5. The monoisotopic (exact) mass is 278 g/mol. The van der Waals surface area contributed by atoms with Gasteiger partial charge in [0.2, 0.25) is 5.89 Å². The van der Waals surface area contributed by atoms with Crippen LogP contribution in [0.1, 0.15) is 18.9 Å². The van der Waals surface area contributed by atoms with Crippen molar-refractivity contribution >= 4 is 11.7 Å². The molecule has 1 unspecified atom stereocenters. The lowest BCUT2D eigenvalue weighted by atomic mass is 10.3. The summed E-state index contributed by atoms with van der Waals surface area (Å²) in [5.41, 5.74) is 0.744. The molecule has 0 fully saturated rings. The summed E-state index contributed by atoms with van der Waals surface area (Å²) in [4.78, 5) is 0. The van der Waals surface area contributed by atoms with Gasteiger partial charge in [-0.2, -0.15) is 0 Å². The van der Waals surface area contributed by atoms with Crippen LogP contribution in [0.2, 0.25) is 0 Å². The van der Waals surface area contributed by atoms with E-state index in [0.29, 0.717) is 23.4 Å². The zero-order valence-electron chi connectivity index (χ0n) is 11.9. The van der Waals surface area contributed by atoms with Gasteiger partial charge in [0.25, 0.3) is 0 Å². The smallest absolute Gasteiger partial charge is 0.320 e. The van der Waals surface area contributed by atoms with Crippen molar-refractivity contribution in [2.45, 2.75) is 13.0 Å². The molecule has 2 aromatic rings. The number of nitrogens with zero attached hydrogens (tertiary/aromatic N) is 2. The Morgan fingerprint density at radius 2 is 1.75 bits per heavy atom. The van der Waals surface area contributed by atoms with E-state index >= 15 is 0 Å². The Bertz CT molecular complexity index is 548. The highest BCUT2D eigenvalue weighted by Gasteiger charge is 2.12. The Kier molecular flexibility index (Phi) is 4.41. The topological polar surface area (TPSA) is 81.4 Å². The van der Waals surface area contributed by atoms with Crippen molar-refractivity contribution in [2.24, 2.45) is 0 Å². The lowest BCUT2D eigenvalue weighted by molar-refractivity contribution is 0.394. The van der Waals surface area contributed by atoms with Crippen molar-refractivity contribution in [3.63, 3.8) is 0 Å². The maximum Gasteiger partial charge on any atom is 0.320 e. The molecule has 0 aliphatic carbocycles. The van der Waals surface area contributed by atoms with Gasteiger partial charge in [0.1, 0.15) is 11.5 Å². The summed E-state index contributed by atoms with van der Waals surface area (Å²) in [5, 5.41) is 14.0. The molecule has 1 aromatic heterocycles. The molecular formula is C13H18N4O3. The third-order valence-corrected chi connectivity index (χ3v) is 2.85. The SMILES string of the molecule is CNC(C)c1nnc(Nc2cc(OC)cc(OC)c2)o1. The quantitative estimate of drug-likeness (QED) is 0.837. The minimum absolute atomic E-state index is 0.00195. The van der Waals surface area contributed by atoms with Crippen LogP contribution in [-0.2, 0) is 0 Å². The fourth-order valence-electron chi connectivity index (χ4n) is 1.59. The molecule has 0 aliphatic rings. The van der Waals surface area contributed by atoms with Crippen molar-refractivity contribution in [3.05, 3.63) is 24.1 Å². The third-order valence-electron chi connectivity index (χ3n) is 2.85. The number of hydrogen-bond acceptors (Lipinski definition) is 7. The maximum atomic E-state index is 5.51. The first-order chi connectivity index (χ1) is 9.66. The van der Waals surface area contributed by atoms with Gasteiger partial charge in [-0.25, -0.2) is 0 Å². The second kappa shape index (κ2) is 6.25. The Morgan fingerprint density at radius 3 is 2.30 bits per heavy atom. The van der Waals surface area contributed by atoms with Crippen molar-refractivity contribution in [1.82, 2.24) is 15.5 Å². The number of methoxy groups -OCH3 is 2. The highest BCUT2D eigenvalue weighted by atomic mass is 16.5. The molecule has 2 N–H and O–H groups in total. The zero-order valence-corrected chi connectivity index (χ0v) is 11.9. The molecule has 0 spiro atoms. The molecule has 20 heavy (non-hydrogen) atoms. The molecule has 108 valence electrons. The standard InChI is InChI=1S/C13H18N4O3/c1-8(14-2)12-16-17-13(20-12)15-9-5-10(18-3)7-11(6-9)19-4/h5-8,14H,1-4H3,(H,15,17). The first-order valence-corrected chi connectivity index (χ1v) is 6.17. The van der Waals surface area contributed by atoms with Crippen LogP contribution in [0.5, 0.6) is 11.5 Å². The molecule has 2 rings (SSSR count). The van der Waals surface area contributed by atoms with E-state index in [1.165, 1.54) is 0 Å². The molecular weight excluding hydrogens is 260 g/mol. The van der Waals surface area contributed by atoms with Crippen molar-refractivity contribution in [3.8, 4) is 11.5 Å². The van der Waals surface area contributed by atoms with E-state index in [4.69, 9.17) is 13.9 Å². The summed E-state index contributed by atoms with van der Waals surface area (Å²) in [5.74, 6) is 1.87. The van der Waals surface area contributed by atoms with E-state index in [1.807, 2.05) is 26.1 Å². The molecule has 0 bridgehead atoms. The van der Waals surface area contributed by atoms with Gasteiger partial charge in [-0.15, -0.1) is 5.10 Å². The second-order valence-electron chi connectivity index (χ2n) is 4.18. The average molecular weight is 278 g/mol. The first kappa shape index (κ1) is 14.1. The van der Waals surface area contributed by atoms with Crippen LogP contribution in [0, 0.1) is 0 Å². The van der Waals surface area contributed by atoms with Crippen LogP contribution in [0.3, 0.4) is 0 Å². The molecule has 7 nitrogen and oxygen atoms in total. The molecule has 7 heteroatoms. The van der Waals surface area contributed by atoms with Crippen LogP contribution in [0.25, 0.3) is 0 Å². The Morgan fingerprint density at radius 1 is 1.10 bits per heavy atom. The Labute approximate surface area is 117 Å². The largest absolute Gasteiger partial charge is 0.497 e. The number of rotatable bonds is 6. The molecule has 1 heterocycles. The molecule has 0 saturated carbocycles. The molecule has 0 amide bonds. The van der Waals surface area contributed by atoms with Gasteiger partial charge < -0.3 is 24.5 Å². The second-order valence-corrected chi connectivity index (χ2v) is 4.18. The van der Waals surface area contributed by atoms with Crippen molar-refractivity contribution in [1.29, 1.82) is 0 Å². The van der Waals surface area contributed by atoms with Crippen LogP contribution in [-0.4, -0.2) is 31.5 Å². The first-order valence-electron chi connectivity index (χ1n) is 6.17. The number of hydrogen-bond donors (Lipinski definition) is 2. The summed E-state index contributed by atoms with van der Waals surface area (Å²) in [6.07, 6.45) is 0. The van der Waals surface area contributed by atoms with Crippen LogP contribution < -0.4 is 20.1 Å². The lowest BCUT2D eigenvalue weighted by Gasteiger charge is -2.08. The van der Waals surface area contributed by atoms with Gasteiger partial charge in [0.05, 0.1) is 20.3 Å². The van der Waals surface area contributed by atoms with E-state index in [1.54, 1.807) is 20.3 Å². The molecule has 0 aliphatic heterocycles. The summed E-state index contributed by atoms with van der Waals surface area (Å²) < 4.78 is 15.9.